The molecule has 5 heteroatoms. The number of hydrogen-bond donors (Lipinski definition) is 2. The van der Waals surface area contributed by atoms with E-state index in [0.717, 1.165) is 36.2 Å². The fourth-order valence-corrected chi connectivity index (χ4v) is 2.71. The molecule has 2 rings (SSSR count). The van der Waals surface area contributed by atoms with Crippen molar-refractivity contribution in [2.45, 2.75) is 45.2 Å². The molecule has 1 aliphatic rings. The molecule has 5 nitrogen and oxygen atoms in total. The normalized spacial score (nSPS) is 18.7. The van der Waals surface area contributed by atoms with Gasteiger partial charge in [-0.2, -0.15) is 0 Å². The number of carbonyl (C=O) groups is 2. The first-order valence-corrected chi connectivity index (χ1v) is 7.80. The molecule has 2 amide bonds. The molecule has 0 bridgehead atoms. The Morgan fingerprint density at radius 2 is 2.14 bits per heavy atom. The van der Waals surface area contributed by atoms with Crippen molar-refractivity contribution in [3.05, 3.63) is 29.3 Å². The first-order valence-electron chi connectivity index (χ1n) is 7.80. The first kappa shape index (κ1) is 16.5. The highest BCUT2D eigenvalue weighted by molar-refractivity contribution is 5.97. The SMILES string of the molecule is Cc1ccc(NC(=O)C2CCCCC(=O)N2)c(CN(C)C)c1. The standard InChI is InChI=1S/C17H25N3O2/c1-12-8-9-14(13(10-12)11-20(2)3)19-17(22)15-6-4-5-7-16(21)18-15/h8-10,15H,4-7,11H2,1-3H3,(H,18,21)(H,19,22). The minimum Gasteiger partial charge on any atom is -0.344 e. The zero-order chi connectivity index (χ0) is 16.1. The Labute approximate surface area is 132 Å². The van der Waals surface area contributed by atoms with Crippen LogP contribution in [0.2, 0.25) is 0 Å². The van der Waals surface area contributed by atoms with E-state index in [1.807, 2.05) is 33.2 Å². The molecule has 0 aromatic heterocycles. The number of nitrogens with one attached hydrogen (secondary N) is 2. The van der Waals surface area contributed by atoms with E-state index in [9.17, 15) is 9.59 Å². The number of nitrogens with zero attached hydrogens (tertiary/aromatic N) is 1. The average molecular weight is 303 g/mol. The lowest BCUT2D eigenvalue weighted by Crippen LogP contribution is -2.42. The molecule has 1 saturated heterocycles. The Hall–Kier alpha value is -1.88. The molecule has 2 N–H and O–H groups in total. The van der Waals surface area contributed by atoms with Gasteiger partial charge in [-0.3, -0.25) is 9.59 Å². The van der Waals surface area contributed by atoms with Crippen LogP contribution in [0.3, 0.4) is 0 Å². The Balaban J connectivity index is 2.11. The van der Waals surface area contributed by atoms with Crippen LogP contribution < -0.4 is 10.6 Å². The summed E-state index contributed by atoms with van der Waals surface area (Å²) in [4.78, 5) is 26.1. The smallest absolute Gasteiger partial charge is 0.246 e. The summed E-state index contributed by atoms with van der Waals surface area (Å²) in [6.45, 7) is 2.80. The Bertz CT molecular complexity index is 555. The number of carbonyl (C=O) groups excluding carboxylic acids is 2. The van der Waals surface area contributed by atoms with Crippen molar-refractivity contribution < 1.29 is 9.59 Å². The minimum absolute atomic E-state index is 0.0323. The third-order valence-electron chi connectivity index (χ3n) is 3.80. The highest BCUT2D eigenvalue weighted by atomic mass is 16.2. The second kappa shape index (κ2) is 7.40. The van der Waals surface area contributed by atoms with E-state index in [1.54, 1.807) is 0 Å². The van der Waals surface area contributed by atoms with E-state index in [2.05, 4.69) is 21.6 Å². The van der Waals surface area contributed by atoms with Crippen molar-refractivity contribution in [1.29, 1.82) is 0 Å². The third-order valence-corrected chi connectivity index (χ3v) is 3.80. The number of rotatable bonds is 4. The molecular weight excluding hydrogens is 278 g/mol. The predicted molar refractivity (Wildman–Crippen MR) is 87.6 cm³/mol. The number of amides is 2. The molecule has 1 aromatic rings. The van der Waals surface area contributed by atoms with Gasteiger partial charge in [-0.1, -0.05) is 24.1 Å². The monoisotopic (exact) mass is 303 g/mol. The molecule has 1 unspecified atom stereocenters. The minimum atomic E-state index is -0.427. The first-order chi connectivity index (χ1) is 10.5. The van der Waals surface area contributed by atoms with Crippen molar-refractivity contribution in [3.8, 4) is 0 Å². The van der Waals surface area contributed by atoms with Crippen LogP contribution in [0.5, 0.6) is 0 Å². The predicted octanol–water partition coefficient (Wildman–Crippen LogP) is 2.05. The van der Waals surface area contributed by atoms with Gasteiger partial charge in [0.25, 0.3) is 0 Å². The van der Waals surface area contributed by atoms with Gasteiger partial charge in [0.1, 0.15) is 6.04 Å². The maximum atomic E-state index is 12.4. The van der Waals surface area contributed by atoms with Crippen LogP contribution in [0.25, 0.3) is 0 Å². The summed E-state index contributed by atoms with van der Waals surface area (Å²) in [7, 11) is 4.00. The van der Waals surface area contributed by atoms with Gasteiger partial charge in [-0.05, 0) is 45.5 Å². The number of anilines is 1. The van der Waals surface area contributed by atoms with Crippen LogP contribution in [-0.4, -0.2) is 36.9 Å². The number of hydrogen-bond acceptors (Lipinski definition) is 3. The fraction of sp³-hybridized carbons (Fsp3) is 0.529. The zero-order valence-electron chi connectivity index (χ0n) is 13.6. The third kappa shape index (κ3) is 4.56. The van der Waals surface area contributed by atoms with Gasteiger partial charge in [0.15, 0.2) is 0 Å². The van der Waals surface area contributed by atoms with Gasteiger partial charge in [0.2, 0.25) is 11.8 Å². The molecule has 1 aliphatic heterocycles. The van der Waals surface area contributed by atoms with Gasteiger partial charge >= 0.3 is 0 Å². The highest BCUT2D eigenvalue weighted by Gasteiger charge is 2.23. The summed E-state index contributed by atoms with van der Waals surface area (Å²) in [5.74, 6) is -0.158. The van der Waals surface area contributed by atoms with Crippen LogP contribution >= 0.6 is 0 Å². The van der Waals surface area contributed by atoms with Crippen LogP contribution in [0.1, 0.15) is 36.8 Å². The zero-order valence-corrected chi connectivity index (χ0v) is 13.6. The van der Waals surface area contributed by atoms with E-state index < -0.39 is 6.04 Å². The van der Waals surface area contributed by atoms with Crippen LogP contribution in [0, 0.1) is 6.92 Å². The topological polar surface area (TPSA) is 61.4 Å². The molecule has 1 atom stereocenters. The second-order valence-corrected chi connectivity index (χ2v) is 6.25. The summed E-state index contributed by atoms with van der Waals surface area (Å²) in [6, 6.07) is 5.58. The van der Waals surface area contributed by atoms with Crippen LogP contribution in [-0.2, 0) is 16.1 Å². The molecule has 0 radical (unpaired) electrons. The molecule has 0 aliphatic carbocycles. The van der Waals surface area contributed by atoms with E-state index in [0.29, 0.717) is 12.8 Å². The Kier molecular flexibility index (Phi) is 5.55. The summed E-state index contributed by atoms with van der Waals surface area (Å²) in [5.41, 5.74) is 3.07. The van der Waals surface area contributed by atoms with Crippen LogP contribution in [0.15, 0.2) is 18.2 Å². The number of aryl methyl sites for hydroxylation is 1. The Morgan fingerprint density at radius 1 is 1.36 bits per heavy atom. The van der Waals surface area contributed by atoms with E-state index in [-0.39, 0.29) is 11.8 Å². The maximum Gasteiger partial charge on any atom is 0.246 e. The van der Waals surface area contributed by atoms with Gasteiger partial charge in [-0.15, -0.1) is 0 Å². The maximum absolute atomic E-state index is 12.4. The summed E-state index contributed by atoms with van der Waals surface area (Å²) < 4.78 is 0. The van der Waals surface area contributed by atoms with Gasteiger partial charge < -0.3 is 15.5 Å². The fourth-order valence-electron chi connectivity index (χ4n) is 2.71. The van der Waals surface area contributed by atoms with Crippen molar-refractivity contribution in [1.82, 2.24) is 10.2 Å². The molecule has 22 heavy (non-hydrogen) atoms. The lowest BCUT2D eigenvalue weighted by atomic mass is 10.1. The van der Waals surface area contributed by atoms with Crippen LogP contribution in [0.4, 0.5) is 5.69 Å². The van der Waals surface area contributed by atoms with Crippen molar-refractivity contribution in [3.63, 3.8) is 0 Å². The summed E-state index contributed by atoms with van der Waals surface area (Å²) >= 11 is 0. The largest absolute Gasteiger partial charge is 0.344 e. The van der Waals surface area contributed by atoms with E-state index >= 15 is 0 Å². The Morgan fingerprint density at radius 3 is 2.86 bits per heavy atom. The second-order valence-electron chi connectivity index (χ2n) is 6.25. The lowest BCUT2D eigenvalue weighted by Gasteiger charge is -2.19. The van der Waals surface area contributed by atoms with E-state index in [4.69, 9.17) is 0 Å². The quantitative estimate of drug-likeness (QED) is 0.895. The van der Waals surface area contributed by atoms with E-state index in [1.165, 1.54) is 0 Å². The summed E-state index contributed by atoms with van der Waals surface area (Å²) in [5, 5.41) is 5.79. The molecule has 1 aromatic carbocycles. The molecule has 1 fully saturated rings. The van der Waals surface area contributed by atoms with Gasteiger partial charge in [0, 0.05) is 18.7 Å². The van der Waals surface area contributed by atoms with Gasteiger partial charge in [0.05, 0.1) is 0 Å². The lowest BCUT2D eigenvalue weighted by molar-refractivity contribution is -0.125. The van der Waals surface area contributed by atoms with Crippen molar-refractivity contribution >= 4 is 17.5 Å². The highest BCUT2D eigenvalue weighted by Crippen LogP contribution is 2.20. The molecule has 0 saturated carbocycles. The molecular formula is C17H25N3O2. The van der Waals surface area contributed by atoms with Crippen molar-refractivity contribution in [2.75, 3.05) is 19.4 Å². The van der Waals surface area contributed by atoms with Gasteiger partial charge in [-0.25, -0.2) is 0 Å². The molecule has 120 valence electrons. The summed E-state index contributed by atoms with van der Waals surface area (Å²) in [6.07, 6.45) is 2.97. The van der Waals surface area contributed by atoms with Crippen molar-refractivity contribution in [2.24, 2.45) is 0 Å². The molecule has 0 spiro atoms. The molecule has 1 heterocycles. The number of benzene rings is 1. The average Bonchev–Trinajstić information content (AvgIpc) is 2.66.